The molecule has 3 atom stereocenters. The van der Waals surface area contributed by atoms with Gasteiger partial charge in [0.2, 0.25) is 5.91 Å². The zero-order chi connectivity index (χ0) is 23.1. The third-order valence-electron chi connectivity index (χ3n) is 5.03. The van der Waals surface area contributed by atoms with Crippen LogP contribution in [0.15, 0.2) is 23.7 Å². The van der Waals surface area contributed by atoms with Crippen LogP contribution < -0.4 is 15.4 Å². The first-order valence-electron chi connectivity index (χ1n) is 10.1. The topological polar surface area (TPSA) is 83.6 Å². The molecule has 32 heavy (non-hydrogen) atoms. The fourth-order valence-electron chi connectivity index (χ4n) is 3.49. The van der Waals surface area contributed by atoms with Crippen LogP contribution >= 0.6 is 22.7 Å². The van der Waals surface area contributed by atoms with Crippen molar-refractivity contribution < 1.29 is 27.5 Å². The summed E-state index contributed by atoms with van der Waals surface area (Å²) in [5.41, 5.74) is 0. The van der Waals surface area contributed by atoms with Crippen LogP contribution in [0.5, 0.6) is 5.06 Å². The molecular weight excluding hydrogens is 465 g/mol. The lowest BCUT2D eigenvalue weighted by Gasteiger charge is -2.23. The largest absolute Gasteiger partial charge is 0.475 e. The number of ether oxygens (including phenoxy) is 1. The third-order valence-corrected chi connectivity index (χ3v) is 6.91. The van der Waals surface area contributed by atoms with Crippen molar-refractivity contribution in [3.63, 3.8) is 0 Å². The number of halogens is 3. The molecule has 12 heteroatoms. The van der Waals surface area contributed by atoms with Crippen LogP contribution in [0.1, 0.15) is 30.7 Å². The van der Waals surface area contributed by atoms with E-state index in [0.717, 1.165) is 34.2 Å². The summed E-state index contributed by atoms with van der Waals surface area (Å²) in [5, 5.41) is 8.99. The number of alkyl halides is 3. The van der Waals surface area contributed by atoms with Crippen molar-refractivity contribution in [1.82, 2.24) is 15.2 Å². The molecule has 7 nitrogen and oxygen atoms in total. The molecule has 0 aromatic carbocycles. The number of carbonyl (C=O) groups is 2. The van der Waals surface area contributed by atoms with Gasteiger partial charge in [-0.1, -0.05) is 0 Å². The van der Waals surface area contributed by atoms with Gasteiger partial charge in [0.15, 0.2) is 16.8 Å². The Hall–Kier alpha value is -2.18. The van der Waals surface area contributed by atoms with E-state index in [4.69, 9.17) is 4.74 Å². The normalized spacial score (nSPS) is 18.8. The SMILES string of the molecule is C[C@@H](NC(=O)[C@@H]1CCN(CC(CC=O)Nc2nccs2)C1)c1ccc(OCC(F)(F)F)s1. The molecule has 1 fully saturated rings. The lowest BCUT2D eigenvalue weighted by molar-refractivity contribution is -0.152. The van der Waals surface area contributed by atoms with Crippen molar-refractivity contribution in [1.29, 1.82) is 0 Å². The monoisotopic (exact) mass is 490 g/mol. The van der Waals surface area contributed by atoms with Crippen LogP contribution in [-0.2, 0) is 9.59 Å². The molecule has 0 radical (unpaired) electrons. The maximum atomic E-state index is 12.7. The number of aldehydes is 1. The van der Waals surface area contributed by atoms with Gasteiger partial charge in [0.25, 0.3) is 0 Å². The first-order chi connectivity index (χ1) is 15.2. The van der Waals surface area contributed by atoms with E-state index in [0.29, 0.717) is 25.9 Å². The molecule has 1 aliphatic rings. The molecule has 1 unspecified atom stereocenters. The number of amides is 1. The Morgan fingerprint density at radius 2 is 2.25 bits per heavy atom. The van der Waals surface area contributed by atoms with Crippen molar-refractivity contribution in [2.24, 2.45) is 5.92 Å². The van der Waals surface area contributed by atoms with Gasteiger partial charge >= 0.3 is 6.18 Å². The summed E-state index contributed by atoms with van der Waals surface area (Å²) < 4.78 is 41.6. The van der Waals surface area contributed by atoms with Crippen LogP contribution in [0.3, 0.4) is 0 Å². The molecule has 1 saturated heterocycles. The average molecular weight is 491 g/mol. The molecule has 0 aliphatic carbocycles. The quantitative estimate of drug-likeness (QED) is 0.467. The van der Waals surface area contributed by atoms with Crippen molar-refractivity contribution >= 4 is 40.0 Å². The van der Waals surface area contributed by atoms with E-state index in [1.165, 1.54) is 17.4 Å². The average Bonchev–Trinajstić information content (AvgIpc) is 3.48. The van der Waals surface area contributed by atoms with Gasteiger partial charge in [-0.05, 0) is 32.0 Å². The number of rotatable bonds is 11. The highest BCUT2D eigenvalue weighted by Gasteiger charge is 2.31. The van der Waals surface area contributed by atoms with Crippen LogP contribution in [-0.4, -0.2) is 60.5 Å². The number of thiazole rings is 1. The molecule has 2 aromatic rings. The highest BCUT2D eigenvalue weighted by Crippen LogP contribution is 2.31. The second-order valence-corrected chi connectivity index (χ2v) is 9.59. The smallest absolute Gasteiger partial charge is 0.422 e. The van der Waals surface area contributed by atoms with Crippen LogP contribution in [0.25, 0.3) is 0 Å². The lowest BCUT2D eigenvalue weighted by atomic mass is 10.1. The van der Waals surface area contributed by atoms with Gasteiger partial charge in [-0.2, -0.15) is 13.2 Å². The van der Waals surface area contributed by atoms with E-state index < -0.39 is 12.8 Å². The highest BCUT2D eigenvalue weighted by molar-refractivity contribution is 7.14. The third kappa shape index (κ3) is 7.45. The van der Waals surface area contributed by atoms with Crippen molar-refractivity contribution in [2.75, 3.05) is 31.6 Å². The van der Waals surface area contributed by atoms with Gasteiger partial charge in [-0.3, -0.25) is 4.79 Å². The number of thiophene rings is 1. The molecule has 0 saturated carbocycles. The lowest BCUT2D eigenvalue weighted by Crippen LogP contribution is -2.38. The minimum Gasteiger partial charge on any atom is -0.475 e. The molecule has 3 rings (SSSR count). The van der Waals surface area contributed by atoms with Crippen LogP contribution in [0.4, 0.5) is 18.3 Å². The van der Waals surface area contributed by atoms with Crippen molar-refractivity contribution in [3.05, 3.63) is 28.6 Å². The Bertz CT molecular complexity index is 876. The number of carbonyl (C=O) groups excluding carboxylic acids is 2. The standard InChI is InChI=1S/C20H25F3N4O3S2/c1-13(16-2-3-17(32-16)30-12-20(21,22)23)25-18(29)14-4-7-27(10-14)11-15(5-8-28)26-19-24-6-9-31-19/h2-3,6,8-9,13-15H,4-5,7,10-12H2,1H3,(H,24,26)(H,25,29)/t13-,14-,15?/m1/s1. The van der Waals surface area contributed by atoms with E-state index in [9.17, 15) is 22.8 Å². The van der Waals surface area contributed by atoms with Gasteiger partial charge in [0.05, 0.1) is 12.0 Å². The molecule has 0 bridgehead atoms. The Balaban J connectivity index is 1.46. The minimum atomic E-state index is -4.39. The van der Waals surface area contributed by atoms with E-state index in [1.54, 1.807) is 19.2 Å². The minimum absolute atomic E-state index is 0.0828. The van der Waals surface area contributed by atoms with Gasteiger partial charge in [0.1, 0.15) is 6.29 Å². The highest BCUT2D eigenvalue weighted by atomic mass is 32.1. The number of hydrogen-bond donors (Lipinski definition) is 2. The molecule has 3 heterocycles. The van der Waals surface area contributed by atoms with Crippen molar-refractivity contribution in [3.8, 4) is 5.06 Å². The Morgan fingerprint density at radius 1 is 1.44 bits per heavy atom. The number of likely N-dealkylation sites (tertiary alicyclic amines) is 1. The number of hydrogen-bond acceptors (Lipinski definition) is 8. The molecule has 2 N–H and O–H groups in total. The number of anilines is 1. The predicted octanol–water partition coefficient (Wildman–Crippen LogP) is 3.71. The van der Waals surface area contributed by atoms with Gasteiger partial charge < -0.3 is 25.1 Å². The summed E-state index contributed by atoms with van der Waals surface area (Å²) in [6.45, 7) is 2.41. The molecular formula is C20H25F3N4O3S2. The molecule has 1 aliphatic heterocycles. The molecule has 2 aromatic heterocycles. The zero-order valence-corrected chi connectivity index (χ0v) is 19.1. The Morgan fingerprint density at radius 3 is 2.94 bits per heavy atom. The Labute approximate surface area is 192 Å². The van der Waals surface area contributed by atoms with Gasteiger partial charge in [0, 0.05) is 42.0 Å². The fourth-order valence-corrected chi connectivity index (χ4v) is 4.95. The zero-order valence-electron chi connectivity index (χ0n) is 17.4. The van der Waals surface area contributed by atoms with Gasteiger partial charge in [-0.15, -0.1) is 22.7 Å². The van der Waals surface area contributed by atoms with Gasteiger partial charge in [-0.25, -0.2) is 4.98 Å². The maximum absolute atomic E-state index is 12.7. The van der Waals surface area contributed by atoms with Crippen LogP contribution in [0.2, 0.25) is 0 Å². The maximum Gasteiger partial charge on any atom is 0.422 e. The summed E-state index contributed by atoms with van der Waals surface area (Å²) in [5.74, 6) is -0.277. The van der Waals surface area contributed by atoms with Crippen LogP contribution in [0, 0.1) is 5.92 Å². The first kappa shape index (κ1) is 24.5. The van der Waals surface area contributed by atoms with E-state index >= 15 is 0 Å². The molecule has 0 spiro atoms. The second-order valence-electron chi connectivity index (χ2n) is 7.62. The summed E-state index contributed by atoms with van der Waals surface area (Å²) in [7, 11) is 0. The second kappa shape index (κ2) is 11.1. The summed E-state index contributed by atoms with van der Waals surface area (Å²) in [4.78, 5) is 30.8. The van der Waals surface area contributed by atoms with E-state index in [-0.39, 0.29) is 29.0 Å². The van der Waals surface area contributed by atoms with E-state index in [1.807, 2.05) is 5.38 Å². The molecule has 176 valence electrons. The number of nitrogens with zero attached hydrogens (tertiary/aromatic N) is 2. The number of nitrogens with one attached hydrogen (secondary N) is 2. The molecule has 1 amide bonds. The first-order valence-corrected chi connectivity index (χ1v) is 11.8. The van der Waals surface area contributed by atoms with E-state index in [2.05, 4.69) is 20.5 Å². The predicted molar refractivity (Wildman–Crippen MR) is 117 cm³/mol. The Kier molecular flexibility index (Phi) is 8.49. The summed E-state index contributed by atoms with van der Waals surface area (Å²) in [6, 6.07) is 2.73. The summed E-state index contributed by atoms with van der Waals surface area (Å²) in [6.07, 6.45) is -0.768. The summed E-state index contributed by atoms with van der Waals surface area (Å²) >= 11 is 2.56. The van der Waals surface area contributed by atoms with Crippen molar-refractivity contribution in [2.45, 2.75) is 38.0 Å². The fraction of sp³-hybridized carbons (Fsp3) is 0.550. The number of aromatic nitrogens is 1.